The predicted octanol–water partition coefficient (Wildman–Crippen LogP) is 2.25. The van der Waals surface area contributed by atoms with Crippen LogP contribution >= 0.6 is 0 Å². The van der Waals surface area contributed by atoms with Crippen LogP contribution in [0.15, 0.2) is 25.5 Å². The molecule has 0 saturated heterocycles. The van der Waals surface area contributed by atoms with Crippen molar-refractivity contribution in [1.29, 1.82) is 0 Å². The van der Waals surface area contributed by atoms with Crippen molar-refractivity contribution in [2.24, 2.45) is 0 Å². The van der Waals surface area contributed by atoms with Crippen LogP contribution in [-0.4, -0.2) is 11.8 Å². The van der Waals surface area contributed by atoms with Crippen molar-refractivity contribution in [3.05, 3.63) is 25.5 Å². The van der Waals surface area contributed by atoms with Gasteiger partial charge in [-0.05, 0) is 19.9 Å². The minimum absolute atomic E-state index is 0.694. The summed E-state index contributed by atoms with van der Waals surface area (Å²) in [5.74, 6) is 0. The molecule has 3 nitrogen and oxygen atoms in total. The Morgan fingerprint density at radius 2 is 2.00 bits per heavy atom. The number of hydrogen-bond acceptors (Lipinski definition) is 3. The predicted molar refractivity (Wildman–Crippen MR) is 42.0 cm³/mol. The maximum atomic E-state index is 10.7. The monoisotopic (exact) mass is 156 g/mol. The normalized spacial score (nSPS) is 10.0. The van der Waals surface area contributed by atoms with Gasteiger partial charge in [0.1, 0.15) is 5.60 Å². The van der Waals surface area contributed by atoms with Crippen molar-refractivity contribution in [2.75, 3.05) is 0 Å². The Bertz CT molecular complexity index is 170. The summed E-state index contributed by atoms with van der Waals surface area (Å²) in [5, 5.41) is 0. The SMILES string of the molecule is C=COC(=O)OC(C)(C)C=C. The quantitative estimate of drug-likeness (QED) is 0.357. The van der Waals surface area contributed by atoms with Crippen LogP contribution < -0.4 is 0 Å². The van der Waals surface area contributed by atoms with E-state index in [9.17, 15) is 4.79 Å². The molecule has 0 unspecified atom stereocenters. The van der Waals surface area contributed by atoms with Gasteiger partial charge in [-0.15, -0.1) is 0 Å². The highest BCUT2D eigenvalue weighted by molar-refractivity contribution is 5.61. The summed E-state index contributed by atoms with van der Waals surface area (Å²) in [7, 11) is 0. The summed E-state index contributed by atoms with van der Waals surface area (Å²) in [6, 6.07) is 0. The molecule has 0 aromatic carbocycles. The summed E-state index contributed by atoms with van der Waals surface area (Å²) in [6.07, 6.45) is 1.75. The topological polar surface area (TPSA) is 35.5 Å². The van der Waals surface area contributed by atoms with Crippen molar-refractivity contribution in [1.82, 2.24) is 0 Å². The Hall–Kier alpha value is -1.25. The minimum atomic E-state index is -0.773. The minimum Gasteiger partial charge on any atom is -0.424 e. The third-order valence-corrected chi connectivity index (χ3v) is 1.02. The van der Waals surface area contributed by atoms with Crippen LogP contribution in [0.4, 0.5) is 4.79 Å². The van der Waals surface area contributed by atoms with E-state index in [0.29, 0.717) is 0 Å². The maximum Gasteiger partial charge on any atom is 0.514 e. The Kier molecular flexibility index (Phi) is 3.37. The number of carbonyl (C=O) groups excluding carboxylic acids is 1. The highest BCUT2D eigenvalue weighted by Gasteiger charge is 2.18. The average molecular weight is 156 g/mol. The summed E-state index contributed by atoms with van der Waals surface area (Å²) >= 11 is 0. The van der Waals surface area contributed by atoms with Gasteiger partial charge in [0.2, 0.25) is 0 Å². The molecule has 0 spiro atoms. The van der Waals surface area contributed by atoms with E-state index < -0.39 is 11.8 Å². The van der Waals surface area contributed by atoms with Gasteiger partial charge in [-0.25, -0.2) is 4.79 Å². The molecule has 0 amide bonds. The summed E-state index contributed by atoms with van der Waals surface area (Å²) in [5.41, 5.74) is -0.694. The molecule has 0 aliphatic rings. The molecule has 0 N–H and O–H groups in total. The molecule has 0 saturated carbocycles. The molecule has 0 aromatic rings. The van der Waals surface area contributed by atoms with Crippen molar-refractivity contribution in [3.63, 3.8) is 0 Å². The van der Waals surface area contributed by atoms with Gasteiger partial charge in [-0.2, -0.15) is 0 Å². The lowest BCUT2D eigenvalue weighted by Crippen LogP contribution is -2.24. The van der Waals surface area contributed by atoms with Gasteiger partial charge >= 0.3 is 6.16 Å². The molecule has 0 fully saturated rings. The Morgan fingerprint density at radius 3 is 2.36 bits per heavy atom. The lowest BCUT2D eigenvalue weighted by Gasteiger charge is -2.18. The largest absolute Gasteiger partial charge is 0.514 e. The van der Waals surface area contributed by atoms with E-state index in [1.807, 2.05) is 0 Å². The van der Waals surface area contributed by atoms with Crippen LogP contribution in [0, 0.1) is 0 Å². The molecule has 11 heavy (non-hydrogen) atoms. The van der Waals surface area contributed by atoms with Gasteiger partial charge in [-0.1, -0.05) is 13.2 Å². The zero-order valence-corrected chi connectivity index (χ0v) is 6.79. The fourth-order valence-electron chi connectivity index (χ4n) is 0.349. The fraction of sp³-hybridized carbons (Fsp3) is 0.375. The van der Waals surface area contributed by atoms with Crippen LogP contribution in [0.5, 0.6) is 0 Å². The average Bonchev–Trinajstić information content (AvgIpc) is 1.87. The van der Waals surface area contributed by atoms with Gasteiger partial charge in [-0.3, -0.25) is 0 Å². The van der Waals surface area contributed by atoms with Crippen LogP contribution in [0.1, 0.15) is 13.8 Å². The van der Waals surface area contributed by atoms with Gasteiger partial charge in [0.15, 0.2) is 0 Å². The van der Waals surface area contributed by atoms with Crippen molar-refractivity contribution < 1.29 is 14.3 Å². The first-order valence-electron chi connectivity index (χ1n) is 3.16. The summed E-state index contributed by atoms with van der Waals surface area (Å²) < 4.78 is 9.11. The standard InChI is InChI=1S/C8H12O3/c1-5-8(3,4)11-7(9)10-6-2/h5-6H,1-2H2,3-4H3. The maximum absolute atomic E-state index is 10.7. The second-order valence-electron chi connectivity index (χ2n) is 2.44. The van der Waals surface area contributed by atoms with Crippen LogP contribution in [0.2, 0.25) is 0 Å². The lowest BCUT2D eigenvalue weighted by molar-refractivity contribution is 0.0265. The van der Waals surface area contributed by atoms with E-state index >= 15 is 0 Å². The van der Waals surface area contributed by atoms with Crippen molar-refractivity contribution in [2.45, 2.75) is 19.4 Å². The van der Waals surface area contributed by atoms with Crippen molar-refractivity contribution in [3.8, 4) is 0 Å². The number of ether oxygens (including phenoxy) is 2. The Morgan fingerprint density at radius 1 is 1.45 bits per heavy atom. The Balaban J connectivity index is 3.92. The molecular formula is C8H12O3. The molecule has 0 atom stereocenters. The highest BCUT2D eigenvalue weighted by Crippen LogP contribution is 2.10. The first-order valence-corrected chi connectivity index (χ1v) is 3.16. The molecule has 62 valence electrons. The van der Waals surface area contributed by atoms with Crippen LogP contribution in [-0.2, 0) is 9.47 Å². The third kappa shape index (κ3) is 4.19. The van der Waals surface area contributed by atoms with E-state index in [4.69, 9.17) is 4.74 Å². The zero-order chi connectivity index (χ0) is 8.91. The van der Waals surface area contributed by atoms with Crippen LogP contribution in [0.25, 0.3) is 0 Å². The zero-order valence-electron chi connectivity index (χ0n) is 6.79. The molecule has 3 heteroatoms. The Labute approximate surface area is 66.3 Å². The van der Waals surface area contributed by atoms with E-state index in [0.717, 1.165) is 6.26 Å². The first-order chi connectivity index (χ1) is 5.02. The molecular weight excluding hydrogens is 144 g/mol. The van der Waals surface area contributed by atoms with E-state index in [-0.39, 0.29) is 0 Å². The highest BCUT2D eigenvalue weighted by atomic mass is 16.7. The molecule has 0 bridgehead atoms. The molecule has 0 aliphatic carbocycles. The molecule has 0 aliphatic heterocycles. The van der Waals surface area contributed by atoms with E-state index in [1.54, 1.807) is 13.8 Å². The van der Waals surface area contributed by atoms with Crippen LogP contribution in [0.3, 0.4) is 0 Å². The number of hydrogen-bond donors (Lipinski definition) is 0. The number of carbonyl (C=O) groups is 1. The molecule has 0 aromatic heterocycles. The van der Waals surface area contributed by atoms with Gasteiger partial charge in [0.05, 0.1) is 6.26 Å². The second kappa shape index (κ2) is 3.81. The lowest BCUT2D eigenvalue weighted by atomic mass is 10.1. The summed E-state index contributed by atoms with van der Waals surface area (Å²) in [4.78, 5) is 10.7. The fourth-order valence-corrected chi connectivity index (χ4v) is 0.349. The van der Waals surface area contributed by atoms with Crippen molar-refractivity contribution >= 4 is 6.16 Å². The second-order valence-corrected chi connectivity index (χ2v) is 2.44. The first kappa shape index (κ1) is 9.75. The number of rotatable bonds is 3. The van der Waals surface area contributed by atoms with Gasteiger partial charge in [0, 0.05) is 0 Å². The third-order valence-electron chi connectivity index (χ3n) is 1.02. The van der Waals surface area contributed by atoms with E-state index in [2.05, 4.69) is 17.9 Å². The molecule has 0 heterocycles. The van der Waals surface area contributed by atoms with Gasteiger partial charge < -0.3 is 9.47 Å². The smallest absolute Gasteiger partial charge is 0.424 e. The van der Waals surface area contributed by atoms with Gasteiger partial charge in [0.25, 0.3) is 0 Å². The molecule has 0 radical (unpaired) electrons. The summed E-state index contributed by atoms with van der Waals surface area (Å²) in [6.45, 7) is 10.1. The van der Waals surface area contributed by atoms with E-state index in [1.165, 1.54) is 6.08 Å². The molecule has 0 rings (SSSR count).